The quantitative estimate of drug-likeness (QED) is 0.190. The number of methoxy groups -OCH3 is 4. The third-order valence-corrected chi connectivity index (χ3v) is 10.1. The highest BCUT2D eigenvalue weighted by atomic mass is 16.6. The van der Waals surface area contributed by atoms with E-state index in [9.17, 15) is 19.2 Å². The third kappa shape index (κ3) is 8.74. The van der Waals surface area contributed by atoms with E-state index in [2.05, 4.69) is 0 Å². The van der Waals surface area contributed by atoms with Crippen LogP contribution in [0.2, 0.25) is 0 Å². The lowest BCUT2D eigenvalue weighted by Crippen LogP contribution is -2.21. The molecule has 56 heavy (non-hydrogen) atoms. The van der Waals surface area contributed by atoms with Crippen LogP contribution in [-0.4, -0.2) is 65.5 Å². The molecule has 0 N–H and O–H groups in total. The predicted molar refractivity (Wildman–Crippen MR) is 199 cm³/mol. The lowest BCUT2D eigenvalue weighted by atomic mass is 9.94. The molecule has 0 aromatic heterocycles. The lowest BCUT2D eigenvalue weighted by Gasteiger charge is -2.30. The summed E-state index contributed by atoms with van der Waals surface area (Å²) in [6.45, 7) is 0.755. The molecule has 300 valence electrons. The molecule has 3 aliphatic heterocycles. The number of benzene rings is 3. The van der Waals surface area contributed by atoms with Gasteiger partial charge in [-0.2, -0.15) is 0 Å². The summed E-state index contributed by atoms with van der Waals surface area (Å²) in [5.74, 6) is -1.10. The van der Waals surface area contributed by atoms with E-state index in [0.717, 1.165) is 38.5 Å². The van der Waals surface area contributed by atoms with Crippen LogP contribution in [0, 0.1) is 0 Å². The molecule has 3 aromatic rings. The molecule has 3 aromatic carbocycles. The van der Waals surface area contributed by atoms with Gasteiger partial charge in [0.1, 0.15) is 37.9 Å². The summed E-state index contributed by atoms with van der Waals surface area (Å²) in [5, 5.41) is 0. The second kappa shape index (κ2) is 18.8. The zero-order valence-electron chi connectivity index (χ0n) is 32.3. The van der Waals surface area contributed by atoms with Crippen molar-refractivity contribution < 1.29 is 66.5 Å². The fourth-order valence-electron chi connectivity index (χ4n) is 7.12. The van der Waals surface area contributed by atoms with Crippen molar-refractivity contribution in [2.75, 3.05) is 41.7 Å². The maximum absolute atomic E-state index is 12.8. The van der Waals surface area contributed by atoms with Gasteiger partial charge in [-0.25, -0.2) is 19.2 Å². The van der Waals surface area contributed by atoms with E-state index in [1.807, 2.05) is 0 Å². The molecule has 3 heterocycles. The summed E-state index contributed by atoms with van der Waals surface area (Å²) >= 11 is 0. The number of hydrogen-bond donors (Lipinski definition) is 0. The zero-order valence-corrected chi connectivity index (χ0v) is 32.3. The topological polar surface area (TPSA) is 161 Å². The van der Waals surface area contributed by atoms with Crippen molar-refractivity contribution in [1.82, 2.24) is 0 Å². The molecule has 2 bridgehead atoms. The van der Waals surface area contributed by atoms with Gasteiger partial charge in [0.25, 0.3) is 0 Å². The van der Waals surface area contributed by atoms with Crippen LogP contribution >= 0.6 is 0 Å². The van der Waals surface area contributed by atoms with Gasteiger partial charge in [-0.15, -0.1) is 0 Å². The maximum atomic E-state index is 12.8. The second-order valence-electron chi connectivity index (χ2n) is 13.6. The lowest BCUT2D eigenvalue weighted by molar-refractivity contribution is 0.0554. The molecule has 0 amide bonds. The predicted octanol–water partition coefficient (Wildman–Crippen LogP) is 7.45. The van der Waals surface area contributed by atoms with Gasteiger partial charge >= 0.3 is 23.9 Å². The van der Waals surface area contributed by atoms with Gasteiger partial charge in [-0.3, -0.25) is 0 Å². The van der Waals surface area contributed by atoms with Crippen molar-refractivity contribution in [3.05, 3.63) is 68.8 Å². The Balaban J connectivity index is 1.47. The molecule has 0 aliphatic carbocycles. The number of fused-ring (bicyclic) bond motifs is 5. The van der Waals surface area contributed by atoms with Gasteiger partial charge in [0.15, 0.2) is 23.0 Å². The highest BCUT2D eigenvalue weighted by molar-refractivity contribution is 6.04. The highest BCUT2D eigenvalue weighted by Crippen LogP contribution is 2.46. The SMILES string of the molecule is COC(=O)c1cc2c(cc1C(=O)OC)OCc1c(c3c4c(c1OCCCCCCCCCCCCO3)COc1cc(C(=O)OC)c(C(=O)OC)cc1OC4)CO2. The van der Waals surface area contributed by atoms with E-state index >= 15 is 0 Å². The van der Waals surface area contributed by atoms with Crippen LogP contribution < -0.4 is 28.4 Å². The number of esters is 4. The summed E-state index contributed by atoms with van der Waals surface area (Å²) in [6.07, 6.45) is 10.7. The van der Waals surface area contributed by atoms with Gasteiger partial charge in [0.05, 0.1) is 63.9 Å². The first-order valence-corrected chi connectivity index (χ1v) is 18.9. The highest BCUT2D eigenvalue weighted by Gasteiger charge is 2.33. The van der Waals surface area contributed by atoms with Crippen molar-refractivity contribution in [2.24, 2.45) is 0 Å². The summed E-state index contributed by atoms with van der Waals surface area (Å²) in [5.41, 5.74) is 2.46. The van der Waals surface area contributed by atoms with Crippen LogP contribution in [0.3, 0.4) is 0 Å². The van der Waals surface area contributed by atoms with Crippen molar-refractivity contribution in [3.8, 4) is 34.5 Å². The molecule has 14 nitrogen and oxygen atoms in total. The molecule has 0 atom stereocenters. The smallest absolute Gasteiger partial charge is 0.338 e. The van der Waals surface area contributed by atoms with Crippen LogP contribution in [0.1, 0.15) is 128 Å². The molecule has 3 aliphatic rings. The molecule has 0 spiro atoms. The van der Waals surface area contributed by atoms with Gasteiger partial charge in [0, 0.05) is 22.3 Å². The van der Waals surface area contributed by atoms with Gasteiger partial charge < -0.3 is 47.4 Å². The minimum absolute atomic E-state index is 0.0186. The van der Waals surface area contributed by atoms with Crippen molar-refractivity contribution >= 4 is 23.9 Å². The largest absolute Gasteiger partial charge is 0.493 e. The summed E-state index contributed by atoms with van der Waals surface area (Å²) in [4.78, 5) is 51.1. The number of hydrogen-bond acceptors (Lipinski definition) is 14. The number of carbonyl (C=O) groups excluding carboxylic acids is 4. The Kier molecular flexibility index (Phi) is 13.4. The van der Waals surface area contributed by atoms with E-state index < -0.39 is 23.9 Å². The van der Waals surface area contributed by atoms with Gasteiger partial charge in [-0.1, -0.05) is 51.4 Å². The van der Waals surface area contributed by atoms with Crippen molar-refractivity contribution in [1.29, 1.82) is 0 Å². The Labute approximate surface area is 325 Å². The molecule has 6 rings (SSSR count). The monoisotopic (exact) mass is 776 g/mol. The summed E-state index contributed by atoms with van der Waals surface area (Å²) in [7, 11) is 4.88. The van der Waals surface area contributed by atoms with E-state index in [-0.39, 0.29) is 71.7 Å². The Bertz CT molecular complexity index is 1690. The fraction of sp³-hybridized carbons (Fsp3) is 0.476. The first-order valence-electron chi connectivity index (χ1n) is 18.9. The molecular formula is C42H48O14. The summed E-state index contributed by atoms with van der Waals surface area (Å²) in [6, 6.07) is 5.62. The Morgan fingerprint density at radius 2 is 0.607 bits per heavy atom. The van der Waals surface area contributed by atoms with Crippen molar-refractivity contribution in [2.45, 2.75) is 90.6 Å². The molecule has 0 radical (unpaired) electrons. The number of carbonyl (C=O) groups is 4. The van der Waals surface area contributed by atoms with Crippen LogP contribution in [0.5, 0.6) is 34.5 Å². The molecule has 0 saturated carbocycles. The fourth-order valence-corrected chi connectivity index (χ4v) is 7.12. The average molecular weight is 777 g/mol. The van der Waals surface area contributed by atoms with Gasteiger partial charge in [0.2, 0.25) is 0 Å². The maximum Gasteiger partial charge on any atom is 0.338 e. The van der Waals surface area contributed by atoms with E-state index in [0.29, 0.717) is 47.0 Å². The van der Waals surface area contributed by atoms with Crippen molar-refractivity contribution in [3.63, 3.8) is 0 Å². The van der Waals surface area contributed by atoms with E-state index in [1.165, 1.54) is 78.4 Å². The van der Waals surface area contributed by atoms with E-state index in [4.69, 9.17) is 47.4 Å². The Hall–Kier alpha value is -5.66. The van der Waals surface area contributed by atoms with Crippen LogP contribution in [0.15, 0.2) is 24.3 Å². The third-order valence-electron chi connectivity index (χ3n) is 10.1. The zero-order chi connectivity index (χ0) is 39.6. The minimum Gasteiger partial charge on any atom is -0.493 e. The van der Waals surface area contributed by atoms with Gasteiger partial charge in [-0.05, 0) is 37.1 Å². The summed E-state index contributed by atoms with van der Waals surface area (Å²) < 4.78 is 58.7. The molecule has 0 saturated heterocycles. The van der Waals surface area contributed by atoms with Crippen LogP contribution in [0.4, 0.5) is 0 Å². The Morgan fingerprint density at radius 3 is 0.839 bits per heavy atom. The average Bonchev–Trinajstić information content (AvgIpc) is 3.20. The van der Waals surface area contributed by atoms with Crippen LogP contribution in [-0.2, 0) is 45.4 Å². The number of rotatable bonds is 4. The molecule has 14 heteroatoms. The number of ether oxygens (including phenoxy) is 10. The van der Waals surface area contributed by atoms with Crippen LogP contribution in [0.25, 0.3) is 0 Å². The normalized spacial score (nSPS) is 15.9. The Morgan fingerprint density at radius 1 is 0.375 bits per heavy atom. The first kappa shape index (κ1) is 40.0. The standard InChI is InChI=1S/C42H48O14/c1-47-39(43)25-17-33-34(18-26(25)40(44)48-2)54-22-30-29(21-53-33)37-31-23-55-35-19-27(41(45)49-3)28(42(46)50-4)20-36(35)56-24-32(31)38(30)52-16-14-12-10-8-6-5-7-9-11-13-15-51-37/h17-20H,5-16,21-24H2,1-4H3. The van der Waals surface area contributed by atoms with E-state index in [1.54, 1.807) is 0 Å². The second-order valence-corrected chi connectivity index (χ2v) is 13.6. The molecule has 0 fully saturated rings. The first-order chi connectivity index (χ1) is 27.3. The molecular weight excluding hydrogens is 728 g/mol. The minimum atomic E-state index is -0.744. The molecule has 0 unspecified atom stereocenters.